The van der Waals surface area contributed by atoms with Gasteiger partial charge in [-0.05, 0) is 30.7 Å². The first-order valence-electron chi connectivity index (χ1n) is 6.52. The Morgan fingerprint density at radius 2 is 2.00 bits per heavy atom. The molecular weight excluding hydrogens is 238 g/mol. The summed E-state index contributed by atoms with van der Waals surface area (Å²) in [5.41, 5.74) is 1.71. The van der Waals surface area contributed by atoms with Gasteiger partial charge in [0.2, 0.25) is 0 Å². The van der Waals surface area contributed by atoms with E-state index in [0.717, 1.165) is 18.5 Å². The van der Waals surface area contributed by atoms with Crippen LogP contribution in [0.15, 0.2) is 24.3 Å². The molecule has 0 spiro atoms. The Hall–Kier alpha value is -1.86. The predicted molar refractivity (Wildman–Crippen MR) is 75.7 cm³/mol. The van der Waals surface area contributed by atoms with Gasteiger partial charge in [-0.2, -0.15) is 5.26 Å². The molecule has 0 fully saturated rings. The van der Waals surface area contributed by atoms with Gasteiger partial charge in [0.25, 0.3) is 5.91 Å². The maximum absolute atomic E-state index is 11.8. The Balaban J connectivity index is 2.83. The van der Waals surface area contributed by atoms with E-state index < -0.39 is 0 Å². The Bertz CT molecular complexity index is 445. The summed E-state index contributed by atoms with van der Waals surface area (Å²) in [4.78, 5) is 13.3. The van der Waals surface area contributed by atoms with Crippen LogP contribution in [-0.4, -0.2) is 31.4 Å². The first kappa shape index (κ1) is 15.2. The summed E-state index contributed by atoms with van der Waals surface area (Å²) in [6.45, 7) is 2.97. The van der Waals surface area contributed by atoms with Crippen molar-refractivity contribution in [3.8, 4) is 6.07 Å². The zero-order valence-electron chi connectivity index (χ0n) is 11.8. The topological polar surface area (TPSA) is 56.1 Å². The van der Waals surface area contributed by atoms with Crippen LogP contribution in [-0.2, 0) is 0 Å². The van der Waals surface area contributed by atoms with Gasteiger partial charge in [-0.1, -0.05) is 19.1 Å². The van der Waals surface area contributed by atoms with Crippen LogP contribution in [0.4, 0.5) is 0 Å². The van der Waals surface area contributed by atoms with E-state index in [0.29, 0.717) is 12.0 Å². The molecule has 0 bridgehead atoms. The lowest BCUT2D eigenvalue weighted by Crippen LogP contribution is -2.23. The number of nitrogens with one attached hydrogen (secondary N) is 1. The molecule has 0 aromatic heterocycles. The van der Waals surface area contributed by atoms with Crippen molar-refractivity contribution < 1.29 is 4.79 Å². The lowest BCUT2D eigenvalue weighted by molar-refractivity contribution is 0.0827. The van der Waals surface area contributed by atoms with Crippen molar-refractivity contribution in [2.24, 2.45) is 0 Å². The Morgan fingerprint density at radius 3 is 2.47 bits per heavy atom. The van der Waals surface area contributed by atoms with Crippen LogP contribution in [0, 0.1) is 11.3 Å². The fraction of sp³-hybridized carbons (Fsp3) is 0.467. The van der Waals surface area contributed by atoms with E-state index in [1.165, 1.54) is 0 Å². The number of amides is 1. The monoisotopic (exact) mass is 259 g/mol. The first-order valence-corrected chi connectivity index (χ1v) is 6.52. The summed E-state index contributed by atoms with van der Waals surface area (Å²) < 4.78 is 0. The standard InChI is InChI=1S/C15H21N3O/c1-4-11-17-14(9-10-16)12-5-7-13(8-6-12)15(19)18(2)3/h5-8,14,17H,4,9,11H2,1-3H3/t14-/m0/s1. The maximum atomic E-state index is 11.8. The summed E-state index contributed by atoms with van der Waals surface area (Å²) in [7, 11) is 3.47. The second-order valence-corrected chi connectivity index (χ2v) is 4.69. The molecule has 1 aromatic carbocycles. The van der Waals surface area contributed by atoms with Gasteiger partial charge in [-0.15, -0.1) is 0 Å². The fourth-order valence-electron chi connectivity index (χ4n) is 1.83. The molecule has 102 valence electrons. The smallest absolute Gasteiger partial charge is 0.253 e. The highest BCUT2D eigenvalue weighted by Crippen LogP contribution is 2.17. The number of nitriles is 1. The number of carbonyl (C=O) groups is 1. The molecule has 0 saturated carbocycles. The summed E-state index contributed by atoms with van der Waals surface area (Å²) >= 11 is 0. The lowest BCUT2D eigenvalue weighted by atomic mass is 10.0. The minimum Gasteiger partial charge on any atom is -0.345 e. The van der Waals surface area contributed by atoms with Crippen LogP contribution in [0.25, 0.3) is 0 Å². The van der Waals surface area contributed by atoms with Crippen LogP contribution < -0.4 is 5.32 Å². The van der Waals surface area contributed by atoms with Crippen molar-refractivity contribution in [3.05, 3.63) is 35.4 Å². The molecule has 1 aromatic rings. The maximum Gasteiger partial charge on any atom is 0.253 e. The molecular formula is C15H21N3O. The van der Waals surface area contributed by atoms with Crippen LogP contribution in [0.3, 0.4) is 0 Å². The number of hydrogen-bond acceptors (Lipinski definition) is 3. The normalized spacial score (nSPS) is 11.7. The van der Waals surface area contributed by atoms with Gasteiger partial charge in [0.15, 0.2) is 0 Å². The number of hydrogen-bond donors (Lipinski definition) is 1. The van der Waals surface area contributed by atoms with Gasteiger partial charge >= 0.3 is 0 Å². The van der Waals surface area contributed by atoms with E-state index in [1.807, 2.05) is 24.3 Å². The molecule has 1 amide bonds. The van der Waals surface area contributed by atoms with Gasteiger partial charge in [0.05, 0.1) is 12.5 Å². The van der Waals surface area contributed by atoms with Crippen LogP contribution >= 0.6 is 0 Å². The Morgan fingerprint density at radius 1 is 1.37 bits per heavy atom. The Kier molecular flexibility index (Phi) is 6.04. The highest BCUT2D eigenvalue weighted by atomic mass is 16.2. The minimum absolute atomic E-state index is 0.00935. The summed E-state index contributed by atoms with van der Waals surface area (Å²) in [5.74, 6) is -0.00935. The molecule has 0 saturated heterocycles. The average molecular weight is 259 g/mol. The van der Waals surface area contributed by atoms with Crippen molar-refractivity contribution in [3.63, 3.8) is 0 Å². The number of carbonyl (C=O) groups excluding carboxylic acids is 1. The quantitative estimate of drug-likeness (QED) is 0.853. The zero-order chi connectivity index (χ0) is 14.3. The molecule has 0 aliphatic rings. The summed E-state index contributed by atoms with van der Waals surface area (Å²) in [6.07, 6.45) is 1.46. The van der Waals surface area contributed by atoms with E-state index in [4.69, 9.17) is 5.26 Å². The third-order valence-corrected chi connectivity index (χ3v) is 2.90. The molecule has 0 unspecified atom stereocenters. The average Bonchev–Trinajstić information content (AvgIpc) is 2.42. The second-order valence-electron chi connectivity index (χ2n) is 4.69. The molecule has 19 heavy (non-hydrogen) atoms. The minimum atomic E-state index is -0.00935. The molecule has 0 heterocycles. The zero-order valence-corrected chi connectivity index (χ0v) is 11.8. The van der Waals surface area contributed by atoms with Crippen molar-refractivity contribution in [2.45, 2.75) is 25.8 Å². The summed E-state index contributed by atoms with van der Waals surface area (Å²) in [6, 6.07) is 9.70. The second kappa shape index (κ2) is 7.55. The van der Waals surface area contributed by atoms with Gasteiger partial charge in [-0.3, -0.25) is 4.79 Å². The number of rotatable bonds is 6. The highest BCUT2D eigenvalue weighted by molar-refractivity contribution is 5.93. The number of nitrogens with zero attached hydrogens (tertiary/aromatic N) is 2. The third kappa shape index (κ3) is 4.38. The van der Waals surface area contributed by atoms with Gasteiger partial charge in [0, 0.05) is 25.7 Å². The first-order chi connectivity index (χ1) is 9.10. The molecule has 0 radical (unpaired) electrons. The lowest BCUT2D eigenvalue weighted by Gasteiger charge is -2.16. The molecule has 4 nitrogen and oxygen atoms in total. The molecule has 0 aliphatic carbocycles. The van der Waals surface area contributed by atoms with E-state index >= 15 is 0 Å². The van der Waals surface area contributed by atoms with Crippen LogP contribution in [0.2, 0.25) is 0 Å². The van der Waals surface area contributed by atoms with E-state index in [9.17, 15) is 4.79 Å². The van der Waals surface area contributed by atoms with Crippen molar-refractivity contribution in [1.29, 1.82) is 5.26 Å². The van der Waals surface area contributed by atoms with Crippen molar-refractivity contribution in [2.75, 3.05) is 20.6 Å². The summed E-state index contributed by atoms with van der Waals surface area (Å²) in [5, 5.41) is 12.2. The van der Waals surface area contributed by atoms with Crippen molar-refractivity contribution in [1.82, 2.24) is 10.2 Å². The number of benzene rings is 1. The van der Waals surface area contributed by atoms with Gasteiger partial charge in [-0.25, -0.2) is 0 Å². The van der Waals surface area contributed by atoms with Gasteiger partial charge < -0.3 is 10.2 Å². The predicted octanol–water partition coefficient (Wildman–Crippen LogP) is 2.34. The van der Waals surface area contributed by atoms with E-state index in [2.05, 4.69) is 18.3 Å². The van der Waals surface area contributed by atoms with E-state index in [1.54, 1.807) is 19.0 Å². The largest absolute Gasteiger partial charge is 0.345 e. The fourth-order valence-corrected chi connectivity index (χ4v) is 1.83. The molecule has 1 N–H and O–H groups in total. The van der Waals surface area contributed by atoms with Crippen LogP contribution in [0.1, 0.15) is 41.7 Å². The molecule has 1 atom stereocenters. The molecule has 4 heteroatoms. The van der Waals surface area contributed by atoms with Gasteiger partial charge in [0.1, 0.15) is 0 Å². The third-order valence-electron chi connectivity index (χ3n) is 2.90. The highest BCUT2D eigenvalue weighted by Gasteiger charge is 2.12. The van der Waals surface area contributed by atoms with Crippen molar-refractivity contribution >= 4 is 5.91 Å². The van der Waals surface area contributed by atoms with E-state index in [-0.39, 0.29) is 11.9 Å². The molecule has 1 rings (SSSR count). The SMILES string of the molecule is CCCN[C@@H](CC#N)c1ccc(C(=O)N(C)C)cc1. The van der Waals surface area contributed by atoms with Crippen LogP contribution in [0.5, 0.6) is 0 Å². The molecule has 0 aliphatic heterocycles. The Labute approximate surface area is 115 Å².